The Hall–Kier alpha value is -2.56. The fraction of sp³-hybridized carbons (Fsp3) is 0.368. The van der Waals surface area contributed by atoms with E-state index in [0.717, 1.165) is 0 Å². The summed E-state index contributed by atoms with van der Waals surface area (Å²) in [7, 11) is 1.55. The summed E-state index contributed by atoms with van der Waals surface area (Å²) in [5, 5.41) is 6.55. The average Bonchev–Trinajstić information content (AvgIpc) is 2.71. The van der Waals surface area contributed by atoms with E-state index in [1.807, 2.05) is 0 Å². The topological polar surface area (TPSA) is 112 Å². The zero-order valence-corrected chi connectivity index (χ0v) is 18.1. The number of fused-ring (bicyclic) bond motifs is 1. The molecule has 1 aliphatic heterocycles. The largest absolute Gasteiger partial charge is 0.463 e. The number of esters is 1. The number of benzene rings is 1. The highest BCUT2D eigenvalue weighted by atomic mass is 35.5. The van der Waals surface area contributed by atoms with Gasteiger partial charge in [-0.2, -0.15) is 0 Å². The lowest BCUT2D eigenvalue weighted by Crippen LogP contribution is -2.44. The summed E-state index contributed by atoms with van der Waals surface area (Å²) in [6.45, 7) is 2.63. The highest BCUT2D eigenvalue weighted by Crippen LogP contribution is 2.23. The molecule has 0 unspecified atom stereocenters. The molecule has 1 aliphatic rings. The Kier molecular flexibility index (Phi) is 7.35. The van der Waals surface area contributed by atoms with Gasteiger partial charge in [0, 0.05) is 23.6 Å². The molecule has 0 saturated carbocycles. The molecule has 2 heterocycles. The Morgan fingerprint density at radius 1 is 1.37 bits per heavy atom. The zero-order valence-electron chi connectivity index (χ0n) is 16.5. The predicted octanol–water partition coefficient (Wildman–Crippen LogP) is 1.92. The molecule has 2 amide bonds. The minimum atomic E-state index is -0.504. The number of amides is 2. The third-order valence-electron chi connectivity index (χ3n) is 4.32. The molecule has 2 N–H and O–H groups in total. The molecule has 1 aromatic heterocycles. The Morgan fingerprint density at radius 3 is 2.90 bits per heavy atom. The van der Waals surface area contributed by atoms with Gasteiger partial charge in [0.2, 0.25) is 0 Å². The van der Waals surface area contributed by atoms with Crippen LogP contribution in [0.1, 0.15) is 6.92 Å². The zero-order chi connectivity index (χ0) is 21.7. The lowest BCUT2D eigenvalue weighted by atomic mass is 10.2. The van der Waals surface area contributed by atoms with Crippen LogP contribution in [-0.2, 0) is 20.8 Å². The number of hydrogen-bond acceptors (Lipinski definition) is 7. The number of methoxy groups -OCH3 is 1. The Bertz CT molecular complexity index is 1070. The number of carbonyl (C=O) groups excluding carboxylic acids is 2. The van der Waals surface area contributed by atoms with Gasteiger partial charge in [-0.15, -0.1) is 0 Å². The molecule has 0 saturated heterocycles. The van der Waals surface area contributed by atoms with E-state index in [1.165, 1.54) is 16.3 Å². The number of thioether (sulfide) groups is 1. The standard InChI is InChI=1S/C19H21ClN4O5S/c1-3-29-17(26)13-9-21-18(27)22-15(13)10-30-19-23-14-8-11(20)4-5-12(14)16(25)24(19)6-7-28-2/h4-5,8H,3,6-7,9-10H2,1-2H3,(H2,21,22,27). The van der Waals surface area contributed by atoms with Gasteiger partial charge in [0.15, 0.2) is 5.16 Å². The first-order valence-corrected chi connectivity index (χ1v) is 10.6. The Morgan fingerprint density at radius 2 is 2.17 bits per heavy atom. The predicted molar refractivity (Wildman–Crippen MR) is 114 cm³/mol. The van der Waals surface area contributed by atoms with Crippen LogP contribution in [0, 0.1) is 0 Å². The summed E-state index contributed by atoms with van der Waals surface area (Å²) < 4.78 is 11.7. The molecule has 1 aromatic carbocycles. The number of aromatic nitrogens is 2. The van der Waals surface area contributed by atoms with Crippen molar-refractivity contribution in [3.8, 4) is 0 Å². The van der Waals surface area contributed by atoms with E-state index in [-0.39, 0.29) is 24.5 Å². The third-order valence-corrected chi connectivity index (χ3v) is 5.56. The molecule has 30 heavy (non-hydrogen) atoms. The molecule has 0 bridgehead atoms. The molecule has 2 aromatic rings. The minimum Gasteiger partial charge on any atom is -0.463 e. The van der Waals surface area contributed by atoms with Crippen LogP contribution in [0.3, 0.4) is 0 Å². The number of ether oxygens (including phenoxy) is 2. The van der Waals surface area contributed by atoms with Crippen LogP contribution < -0.4 is 16.2 Å². The summed E-state index contributed by atoms with van der Waals surface area (Å²) in [4.78, 5) is 41.5. The molecule has 9 nitrogen and oxygen atoms in total. The van der Waals surface area contributed by atoms with Crippen molar-refractivity contribution in [2.75, 3.05) is 32.6 Å². The van der Waals surface area contributed by atoms with Crippen molar-refractivity contribution in [2.45, 2.75) is 18.6 Å². The maximum Gasteiger partial charge on any atom is 0.337 e. The molecule has 0 atom stereocenters. The van der Waals surface area contributed by atoms with Gasteiger partial charge in [0.25, 0.3) is 5.56 Å². The van der Waals surface area contributed by atoms with Crippen LogP contribution in [0.15, 0.2) is 39.4 Å². The number of urea groups is 1. The SMILES string of the molecule is CCOC(=O)C1=C(CSc2nc3cc(Cl)ccc3c(=O)n2CCOC)NC(=O)NC1. The number of rotatable bonds is 8. The number of hydrogen-bond donors (Lipinski definition) is 2. The normalized spacial score (nSPS) is 13.9. The maximum absolute atomic E-state index is 13.0. The van der Waals surface area contributed by atoms with E-state index in [9.17, 15) is 14.4 Å². The molecule has 0 fully saturated rings. The van der Waals surface area contributed by atoms with E-state index in [2.05, 4.69) is 15.6 Å². The van der Waals surface area contributed by atoms with Gasteiger partial charge in [0.05, 0.1) is 42.8 Å². The monoisotopic (exact) mass is 452 g/mol. The molecule has 11 heteroatoms. The summed E-state index contributed by atoms with van der Waals surface area (Å²) in [5.74, 6) is -0.289. The fourth-order valence-electron chi connectivity index (χ4n) is 2.87. The van der Waals surface area contributed by atoms with Crippen molar-refractivity contribution in [3.05, 3.63) is 44.8 Å². The highest BCUT2D eigenvalue weighted by molar-refractivity contribution is 7.99. The summed E-state index contributed by atoms with van der Waals surface area (Å²) in [5.41, 5.74) is 1.00. The van der Waals surface area contributed by atoms with Crippen LogP contribution in [0.4, 0.5) is 4.79 Å². The molecular formula is C19H21ClN4O5S. The van der Waals surface area contributed by atoms with Crippen molar-refractivity contribution in [2.24, 2.45) is 0 Å². The lowest BCUT2D eigenvalue weighted by molar-refractivity contribution is -0.138. The van der Waals surface area contributed by atoms with E-state index >= 15 is 0 Å². The average molecular weight is 453 g/mol. The number of halogens is 1. The van der Waals surface area contributed by atoms with Gasteiger partial charge in [-0.3, -0.25) is 9.36 Å². The quantitative estimate of drug-likeness (QED) is 0.357. The molecular weight excluding hydrogens is 432 g/mol. The van der Waals surface area contributed by atoms with E-state index in [4.69, 9.17) is 21.1 Å². The minimum absolute atomic E-state index is 0.0673. The van der Waals surface area contributed by atoms with Gasteiger partial charge in [-0.1, -0.05) is 23.4 Å². The number of carbonyl (C=O) groups is 2. The molecule has 0 spiro atoms. The third kappa shape index (κ3) is 4.94. The molecule has 160 valence electrons. The molecule has 0 radical (unpaired) electrons. The van der Waals surface area contributed by atoms with Crippen LogP contribution in [-0.4, -0.2) is 54.2 Å². The van der Waals surface area contributed by atoms with Crippen LogP contribution >= 0.6 is 23.4 Å². The van der Waals surface area contributed by atoms with E-state index in [0.29, 0.717) is 45.5 Å². The smallest absolute Gasteiger partial charge is 0.337 e. The first-order valence-electron chi connectivity index (χ1n) is 9.20. The van der Waals surface area contributed by atoms with Crippen molar-refractivity contribution in [1.29, 1.82) is 0 Å². The first-order chi connectivity index (χ1) is 14.4. The molecule has 0 aliphatic carbocycles. The molecule has 3 rings (SSSR count). The van der Waals surface area contributed by atoms with Crippen LogP contribution in [0.25, 0.3) is 10.9 Å². The van der Waals surface area contributed by atoms with Crippen LogP contribution in [0.5, 0.6) is 0 Å². The van der Waals surface area contributed by atoms with Gasteiger partial charge >= 0.3 is 12.0 Å². The fourth-order valence-corrected chi connectivity index (χ4v) is 4.05. The van der Waals surface area contributed by atoms with Gasteiger partial charge in [-0.05, 0) is 25.1 Å². The number of nitrogens with one attached hydrogen (secondary N) is 2. The van der Waals surface area contributed by atoms with Gasteiger partial charge in [0.1, 0.15) is 0 Å². The van der Waals surface area contributed by atoms with Crippen LogP contribution in [0.2, 0.25) is 5.02 Å². The highest BCUT2D eigenvalue weighted by Gasteiger charge is 2.24. The van der Waals surface area contributed by atoms with Crippen molar-refractivity contribution in [1.82, 2.24) is 20.2 Å². The lowest BCUT2D eigenvalue weighted by Gasteiger charge is -2.21. The van der Waals surface area contributed by atoms with Gasteiger partial charge < -0.3 is 20.1 Å². The summed E-state index contributed by atoms with van der Waals surface area (Å²) >= 11 is 7.28. The maximum atomic E-state index is 13.0. The van der Waals surface area contributed by atoms with E-state index in [1.54, 1.807) is 32.2 Å². The number of nitrogens with zero attached hydrogens (tertiary/aromatic N) is 2. The summed E-state index contributed by atoms with van der Waals surface area (Å²) in [6, 6.07) is 4.49. The summed E-state index contributed by atoms with van der Waals surface area (Å²) in [6.07, 6.45) is 0. The second-order valence-corrected chi connectivity index (χ2v) is 7.66. The second kappa shape index (κ2) is 9.96. The van der Waals surface area contributed by atoms with Crippen molar-refractivity contribution < 1.29 is 19.1 Å². The second-order valence-electron chi connectivity index (χ2n) is 6.28. The van der Waals surface area contributed by atoms with Crippen molar-refractivity contribution >= 4 is 46.3 Å². The Labute approximate surface area is 181 Å². The van der Waals surface area contributed by atoms with Gasteiger partial charge in [-0.25, -0.2) is 14.6 Å². The first kappa shape index (κ1) is 22.1. The van der Waals surface area contributed by atoms with E-state index < -0.39 is 12.0 Å². The van der Waals surface area contributed by atoms with Crippen molar-refractivity contribution in [3.63, 3.8) is 0 Å². The Balaban J connectivity index is 1.97.